The van der Waals surface area contributed by atoms with Crippen LogP contribution >= 0.6 is 0 Å². The van der Waals surface area contributed by atoms with Crippen LogP contribution < -0.4 is 5.32 Å². The van der Waals surface area contributed by atoms with Crippen LogP contribution in [0.15, 0.2) is 0 Å². The Morgan fingerprint density at radius 2 is 2.15 bits per heavy atom. The van der Waals surface area contributed by atoms with Crippen LogP contribution in [0.1, 0.15) is 59.3 Å². The SMILES string of the molecule is CCC1CCCN(C(C)CC(C)(NC2CC2)C(=O)O)C1. The summed E-state index contributed by atoms with van der Waals surface area (Å²) in [5, 5.41) is 12.9. The van der Waals surface area contributed by atoms with Crippen molar-refractivity contribution in [3.63, 3.8) is 0 Å². The smallest absolute Gasteiger partial charge is 0.323 e. The number of nitrogens with zero attached hydrogens (tertiary/aromatic N) is 1. The number of hydrogen-bond donors (Lipinski definition) is 2. The van der Waals surface area contributed by atoms with Gasteiger partial charge in [0.2, 0.25) is 0 Å². The van der Waals surface area contributed by atoms with Crippen molar-refractivity contribution in [2.24, 2.45) is 5.92 Å². The van der Waals surface area contributed by atoms with E-state index in [2.05, 4.69) is 24.1 Å². The Balaban J connectivity index is 1.93. The molecule has 1 aliphatic carbocycles. The zero-order valence-electron chi connectivity index (χ0n) is 13.2. The van der Waals surface area contributed by atoms with Gasteiger partial charge in [-0.25, -0.2) is 0 Å². The van der Waals surface area contributed by atoms with Crippen LogP contribution in [0.4, 0.5) is 0 Å². The highest BCUT2D eigenvalue weighted by atomic mass is 16.4. The molecule has 0 aromatic rings. The van der Waals surface area contributed by atoms with Gasteiger partial charge in [0, 0.05) is 18.6 Å². The van der Waals surface area contributed by atoms with Gasteiger partial charge in [0.05, 0.1) is 0 Å². The first-order valence-electron chi connectivity index (χ1n) is 8.19. The number of rotatable bonds is 7. The van der Waals surface area contributed by atoms with E-state index in [9.17, 15) is 9.90 Å². The first kappa shape index (κ1) is 15.8. The van der Waals surface area contributed by atoms with Gasteiger partial charge in [-0.2, -0.15) is 0 Å². The largest absolute Gasteiger partial charge is 0.480 e. The van der Waals surface area contributed by atoms with Gasteiger partial charge >= 0.3 is 5.97 Å². The third-order valence-electron chi connectivity index (χ3n) is 5.03. The maximum atomic E-state index is 11.6. The van der Waals surface area contributed by atoms with Crippen LogP contribution in [0, 0.1) is 5.92 Å². The van der Waals surface area contributed by atoms with Crippen molar-refractivity contribution in [3.05, 3.63) is 0 Å². The number of aliphatic carboxylic acids is 1. The first-order chi connectivity index (χ1) is 9.44. The van der Waals surface area contributed by atoms with Gasteiger partial charge in [0.15, 0.2) is 0 Å². The summed E-state index contributed by atoms with van der Waals surface area (Å²) in [6.07, 6.45) is 6.76. The highest BCUT2D eigenvalue weighted by Gasteiger charge is 2.40. The zero-order valence-corrected chi connectivity index (χ0v) is 13.2. The molecule has 0 amide bonds. The molecule has 0 bridgehead atoms. The number of nitrogens with one attached hydrogen (secondary N) is 1. The van der Waals surface area contributed by atoms with E-state index in [1.807, 2.05) is 6.92 Å². The molecule has 2 fully saturated rings. The molecule has 0 aromatic carbocycles. The Morgan fingerprint density at radius 3 is 2.70 bits per heavy atom. The molecule has 0 radical (unpaired) electrons. The number of piperidine rings is 1. The normalized spacial score (nSPS) is 28.9. The minimum absolute atomic E-state index is 0.330. The molecule has 4 heteroatoms. The molecule has 1 saturated heterocycles. The second-order valence-electron chi connectivity index (χ2n) is 7.02. The second-order valence-corrected chi connectivity index (χ2v) is 7.02. The fourth-order valence-electron chi connectivity index (χ4n) is 3.44. The Morgan fingerprint density at radius 1 is 1.45 bits per heavy atom. The fourth-order valence-corrected chi connectivity index (χ4v) is 3.44. The minimum atomic E-state index is -0.778. The molecule has 20 heavy (non-hydrogen) atoms. The molecule has 2 N–H and O–H groups in total. The van der Waals surface area contributed by atoms with Crippen molar-refractivity contribution in [2.45, 2.75) is 76.9 Å². The van der Waals surface area contributed by atoms with Gasteiger partial charge < -0.3 is 10.0 Å². The van der Waals surface area contributed by atoms with E-state index in [4.69, 9.17) is 0 Å². The Bertz CT molecular complexity index is 343. The molecule has 2 rings (SSSR count). The van der Waals surface area contributed by atoms with Crippen LogP contribution in [0.3, 0.4) is 0 Å². The van der Waals surface area contributed by atoms with Crippen LogP contribution in [0.5, 0.6) is 0 Å². The number of carboxylic acid groups (broad SMARTS) is 1. The summed E-state index contributed by atoms with van der Waals surface area (Å²) >= 11 is 0. The topological polar surface area (TPSA) is 52.6 Å². The van der Waals surface area contributed by atoms with E-state index in [1.165, 1.54) is 19.3 Å². The summed E-state index contributed by atoms with van der Waals surface area (Å²) in [7, 11) is 0. The summed E-state index contributed by atoms with van der Waals surface area (Å²) in [5.74, 6) is 0.0824. The molecule has 3 unspecified atom stereocenters. The Hall–Kier alpha value is -0.610. The molecule has 1 aliphatic heterocycles. The van der Waals surface area contributed by atoms with Gasteiger partial charge in [-0.15, -0.1) is 0 Å². The van der Waals surface area contributed by atoms with Crippen molar-refractivity contribution in [1.82, 2.24) is 10.2 Å². The molecular formula is C16H30N2O2. The van der Waals surface area contributed by atoms with E-state index in [-0.39, 0.29) is 0 Å². The van der Waals surface area contributed by atoms with Crippen molar-refractivity contribution < 1.29 is 9.90 Å². The lowest BCUT2D eigenvalue weighted by Crippen LogP contribution is -2.55. The zero-order chi connectivity index (χ0) is 14.8. The molecule has 2 aliphatic rings. The van der Waals surface area contributed by atoms with E-state index in [0.29, 0.717) is 18.5 Å². The summed E-state index contributed by atoms with van der Waals surface area (Å²) < 4.78 is 0. The summed E-state index contributed by atoms with van der Waals surface area (Å²) in [5.41, 5.74) is -0.778. The van der Waals surface area contributed by atoms with Gasteiger partial charge in [0.1, 0.15) is 5.54 Å². The van der Waals surface area contributed by atoms with E-state index >= 15 is 0 Å². The summed E-state index contributed by atoms with van der Waals surface area (Å²) in [4.78, 5) is 14.1. The molecule has 0 spiro atoms. The van der Waals surface area contributed by atoms with Crippen molar-refractivity contribution in [2.75, 3.05) is 13.1 Å². The van der Waals surface area contributed by atoms with Gasteiger partial charge in [-0.05, 0) is 58.4 Å². The van der Waals surface area contributed by atoms with E-state index in [1.54, 1.807) is 0 Å². The van der Waals surface area contributed by atoms with Crippen LogP contribution in [0.25, 0.3) is 0 Å². The minimum Gasteiger partial charge on any atom is -0.480 e. The number of likely N-dealkylation sites (tertiary alicyclic amines) is 1. The number of hydrogen-bond acceptors (Lipinski definition) is 3. The number of carbonyl (C=O) groups is 1. The highest BCUT2D eigenvalue weighted by molar-refractivity contribution is 5.78. The molecule has 1 heterocycles. The summed E-state index contributed by atoms with van der Waals surface area (Å²) in [6.45, 7) is 8.56. The summed E-state index contributed by atoms with van der Waals surface area (Å²) in [6, 6.07) is 0.754. The van der Waals surface area contributed by atoms with Crippen molar-refractivity contribution in [3.8, 4) is 0 Å². The molecule has 116 valence electrons. The Kier molecular flexibility index (Phi) is 5.08. The van der Waals surface area contributed by atoms with Crippen molar-refractivity contribution in [1.29, 1.82) is 0 Å². The lowest BCUT2D eigenvalue weighted by molar-refractivity contribution is -0.145. The second kappa shape index (κ2) is 6.44. The highest BCUT2D eigenvalue weighted by Crippen LogP contribution is 2.28. The monoisotopic (exact) mass is 282 g/mol. The van der Waals surface area contributed by atoms with Crippen molar-refractivity contribution >= 4 is 5.97 Å². The quantitative estimate of drug-likeness (QED) is 0.753. The average Bonchev–Trinajstić information content (AvgIpc) is 3.22. The Labute approximate surface area is 122 Å². The first-order valence-corrected chi connectivity index (χ1v) is 8.19. The maximum absolute atomic E-state index is 11.6. The predicted octanol–water partition coefficient (Wildman–Crippen LogP) is 2.48. The van der Waals surface area contributed by atoms with E-state index in [0.717, 1.165) is 31.8 Å². The molecule has 3 atom stereocenters. The third-order valence-corrected chi connectivity index (χ3v) is 5.03. The maximum Gasteiger partial charge on any atom is 0.323 e. The van der Waals surface area contributed by atoms with Crippen LogP contribution in [0.2, 0.25) is 0 Å². The van der Waals surface area contributed by atoms with Crippen LogP contribution in [-0.4, -0.2) is 46.7 Å². The lowest BCUT2D eigenvalue weighted by atomic mass is 9.89. The molecule has 1 saturated carbocycles. The van der Waals surface area contributed by atoms with Gasteiger partial charge in [-0.1, -0.05) is 13.3 Å². The fraction of sp³-hybridized carbons (Fsp3) is 0.938. The van der Waals surface area contributed by atoms with Crippen LogP contribution in [-0.2, 0) is 4.79 Å². The third kappa shape index (κ3) is 3.95. The molecular weight excluding hydrogens is 252 g/mol. The number of carboxylic acids is 1. The van der Waals surface area contributed by atoms with Gasteiger partial charge in [0.25, 0.3) is 0 Å². The average molecular weight is 282 g/mol. The van der Waals surface area contributed by atoms with E-state index < -0.39 is 11.5 Å². The lowest BCUT2D eigenvalue weighted by Gasteiger charge is -2.39. The predicted molar refractivity (Wildman–Crippen MR) is 80.9 cm³/mol. The standard InChI is InChI=1S/C16H30N2O2/c1-4-13-6-5-9-18(11-13)12(2)10-16(3,15(19)20)17-14-7-8-14/h12-14,17H,4-11H2,1-3H3,(H,19,20). The molecule has 4 nitrogen and oxygen atoms in total. The molecule has 0 aromatic heterocycles. The van der Waals surface area contributed by atoms with Gasteiger partial charge in [-0.3, -0.25) is 10.1 Å².